The second-order valence-corrected chi connectivity index (χ2v) is 17.0. The molecule has 0 aromatic heterocycles. The second kappa shape index (κ2) is 32.8. The fraction of sp³-hybridized carbons (Fsp3) is 0.951. The summed E-state index contributed by atoms with van der Waals surface area (Å²) in [6, 6.07) is 0. The van der Waals surface area contributed by atoms with Crippen LogP contribution in [0.25, 0.3) is 0 Å². The molecule has 8 atom stereocenters. The maximum Gasteiger partial charge on any atom is 0.472 e. The molecule has 14 heteroatoms. The molecule has 1 aliphatic rings. The van der Waals surface area contributed by atoms with E-state index in [2.05, 4.69) is 13.8 Å². The Hall–Kier alpha value is -1.15. The van der Waals surface area contributed by atoms with Gasteiger partial charge in [0, 0.05) is 12.8 Å². The van der Waals surface area contributed by atoms with E-state index in [1.165, 1.54) is 116 Å². The van der Waals surface area contributed by atoms with Crippen LogP contribution >= 0.6 is 7.82 Å². The molecule has 0 heterocycles. The zero-order valence-corrected chi connectivity index (χ0v) is 35.1. The van der Waals surface area contributed by atoms with Crippen molar-refractivity contribution >= 4 is 19.8 Å². The van der Waals surface area contributed by atoms with Gasteiger partial charge < -0.3 is 39.9 Å². The van der Waals surface area contributed by atoms with Gasteiger partial charge in [0.15, 0.2) is 6.10 Å². The van der Waals surface area contributed by atoms with Gasteiger partial charge in [0.2, 0.25) is 0 Å². The van der Waals surface area contributed by atoms with E-state index in [4.69, 9.17) is 18.5 Å². The van der Waals surface area contributed by atoms with Gasteiger partial charge in [-0.25, -0.2) is 4.57 Å². The number of aliphatic hydroxyl groups excluding tert-OH is 5. The van der Waals surface area contributed by atoms with Crippen molar-refractivity contribution in [1.29, 1.82) is 0 Å². The molecule has 0 amide bonds. The molecule has 1 rings (SSSR count). The standard InChI is InChI=1S/C41H79O13P/c1-3-5-7-9-11-13-15-16-17-18-20-22-24-26-28-30-35(43)53-33(31-51-34(42)29-27-25-23-21-19-14-12-10-8-6-4-2)32-52-55(49,50)54-41-39(47)37(45)36(44)38(46)40(41)48/h33,36-41,44-48H,3-32H2,1-2H3,(H,49,50)/t33-,36?,37-,38?,39?,40?,41?/m1/s1. The SMILES string of the molecule is CCCCCCCCCCCCCCCCCC(=O)O[C@H](COC(=O)CCCCCCCCCCCCC)COP(=O)(O)OC1C(O)C(O)C(O)[C@@H](O)C1O. The van der Waals surface area contributed by atoms with Crippen molar-refractivity contribution in [2.24, 2.45) is 0 Å². The van der Waals surface area contributed by atoms with Gasteiger partial charge in [0.1, 0.15) is 43.2 Å². The average Bonchev–Trinajstić information content (AvgIpc) is 3.16. The zero-order chi connectivity index (χ0) is 40.7. The van der Waals surface area contributed by atoms with E-state index >= 15 is 0 Å². The van der Waals surface area contributed by atoms with Crippen LogP contribution in [0.5, 0.6) is 0 Å². The molecule has 0 spiro atoms. The molecule has 326 valence electrons. The van der Waals surface area contributed by atoms with E-state index in [0.717, 1.165) is 38.5 Å². The van der Waals surface area contributed by atoms with Crippen molar-refractivity contribution in [2.75, 3.05) is 13.2 Å². The van der Waals surface area contributed by atoms with Crippen LogP contribution in [0.1, 0.15) is 194 Å². The van der Waals surface area contributed by atoms with E-state index in [-0.39, 0.29) is 12.8 Å². The number of unbranched alkanes of at least 4 members (excludes halogenated alkanes) is 24. The molecular weight excluding hydrogens is 731 g/mol. The molecular formula is C41H79O13P. The smallest absolute Gasteiger partial charge is 0.462 e. The molecule has 0 aromatic rings. The fourth-order valence-corrected chi connectivity index (χ4v) is 7.85. The van der Waals surface area contributed by atoms with Gasteiger partial charge in [-0.15, -0.1) is 0 Å². The number of carbonyl (C=O) groups excluding carboxylic acids is 2. The number of phosphoric acid groups is 1. The highest BCUT2D eigenvalue weighted by Gasteiger charge is 2.51. The Kier molecular flexibility index (Phi) is 30.9. The maximum absolute atomic E-state index is 12.8. The predicted molar refractivity (Wildman–Crippen MR) is 212 cm³/mol. The number of hydrogen-bond donors (Lipinski definition) is 6. The number of ether oxygens (including phenoxy) is 2. The summed E-state index contributed by atoms with van der Waals surface area (Å²) in [5.41, 5.74) is 0. The molecule has 1 aliphatic carbocycles. The zero-order valence-electron chi connectivity index (χ0n) is 34.2. The highest BCUT2D eigenvalue weighted by molar-refractivity contribution is 7.47. The van der Waals surface area contributed by atoms with E-state index < -0.39 is 75.7 Å². The molecule has 0 bridgehead atoms. The lowest BCUT2D eigenvalue weighted by atomic mass is 9.85. The highest BCUT2D eigenvalue weighted by Crippen LogP contribution is 2.47. The van der Waals surface area contributed by atoms with Gasteiger partial charge in [-0.1, -0.05) is 168 Å². The van der Waals surface area contributed by atoms with Crippen LogP contribution in [0.2, 0.25) is 0 Å². The van der Waals surface area contributed by atoms with E-state index in [1.807, 2.05) is 0 Å². The molecule has 0 aliphatic heterocycles. The Bertz CT molecular complexity index is 985. The minimum atomic E-state index is -5.10. The van der Waals surface area contributed by atoms with Crippen molar-refractivity contribution in [2.45, 2.75) is 236 Å². The Labute approximate surface area is 331 Å². The summed E-state index contributed by atoms with van der Waals surface area (Å²) in [5.74, 6) is -1.09. The quantitative estimate of drug-likeness (QED) is 0.0204. The first-order valence-corrected chi connectivity index (χ1v) is 23.3. The first-order chi connectivity index (χ1) is 26.4. The Morgan fingerprint density at radius 3 is 1.20 bits per heavy atom. The van der Waals surface area contributed by atoms with E-state index in [0.29, 0.717) is 12.8 Å². The summed E-state index contributed by atoms with van der Waals surface area (Å²) in [6.07, 6.45) is 17.4. The van der Waals surface area contributed by atoms with Gasteiger partial charge in [-0.05, 0) is 12.8 Å². The topological polar surface area (TPSA) is 210 Å². The molecule has 6 unspecified atom stereocenters. The third-order valence-electron chi connectivity index (χ3n) is 10.4. The van der Waals surface area contributed by atoms with Crippen molar-refractivity contribution < 1.29 is 63.1 Å². The molecule has 1 fully saturated rings. The van der Waals surface area contributed by atoms with Crippen molar-refractivity contribution in [3.05, 3.63) is 0 Å². The van der Waals surface area contributed by atoms with Crippen LogP contribution in [-0.4, -0.2) is 98.3 Å². The number of aliphatic hydroxyl groups is 5. The molecule has 0 aromatic carbocycles. The molecule has 1 saturated carbocycles. The Morgan fingerprint density at radius 2 is 0.818 bits per heavy atom. The van der Waals surface area contributed by atoms with E-state index in [9.17, 15) is 44.6 Å². The third-order valence-corrected chi connectivity index (χ3v) is 11.4. The average molecular weight is 811 g/mol. The lowest BCUT2D eigenvalue weighted by Gasteiger charge is -2.41. The second-order valence-electron chi connectivity index (χ2n) is 15.6. The molecule has 0 saturated heterocycles. The maximum atomic E-state index is 12.8. The minimum absolute atomic E-state index is 0.104. The Balaban J connectivity index is 2.47. The predicted octanol–water partition coefficient (Wildman–Crippen LogP) is 7.72. The minimum Gasteiger partial charge on any atom is -0.462 e. The Morgan fingerprint density at radius 1 is 0.491 bits per heavy atom. The fourth-order valence-electron chi connectivity index (χ4n) is 6.88. The van der Waals surface area contributed by atoms with Crippen LogP contribution in [0, 0.1) is 0 Å². The van der Waals surface area contributed by atoms with Gasteiger partial charge in [0.05, 0.1) is 6.61 Å². The van der Waals surface area contributed by atoms with Gasteiger partial charge in [-0.3, -0.25) is 18.6 Å². The third kappa shape index (κ3) is 25.7. The monoisotopic (exact) mass is 811 g/mol. The highest BCUT2D eigenvalue weighted by atomic mass is 31.2. The van der Waals surface area contributed by atoms with Gasteiger partial charge in [0.25, 0.3) is 0 Å². The van der Waals surface area contributed by atoms with Crippen molar-refractivity contribution in [3.63, 3.8) is 0 Å². The van der Waals surface area contributed by atoms with Crippen LogP contribution in [-0.2, 0) is 32.7 Å². The summed E-state index contributed by atoms with van der Waals surface area (Å²) < 4.78 is 33.4. The van der Waals surface area contributed by atoms with Gasteiger partial charge >= 0.3 is 19.8 Å². The van der Waals surface area contributed by atoms with Crippen LogP contribution in [0.3, 0.4) is 0 Å². The molecule has 55 heavy (non-hydrogen) atoms. The van der Waals surface area contributed by atoms with Crippen LogP contribution in [0.4, 0.5) is 0 Å². The summed E-state index contributed by atoms with van der Waals surface area (Å²) >= 11 is 0. The lowest BCUT2D eigenvalue weighted by molar-refractivity contribution is -0.220. The number of hydrogen-bond acceptors (Lipinski definition) is 12. The van der Waals surface area contributed by atoms with Crippen molar-refractivity contribution in [3.8, 4) is 0 Å². The van der Waals surface area contributed by atoms with Crippen LogP contribution in [0.15, 0.2) is 0 Å². The van der Waals surface area contributed by atoms with Crippen molar-refractivity contribution in [1.82, 2.24) is 0 Å². The summed E-state index contributed by atoms with van der Waals surface area (Å²) in [6.45, 7) is 3.29. The summed E-state index contributed by atoms with van der Waals surface area (Å²) in [5, 5.41) is 50.0. The normalized spacial score (nSPS) is 23.0. The number of carbonyl (C=O) groups is 2. The molecule has 13 nitrogen and oxygen atoms in total. The van der Waals surface area contributed by atoms with Crippen LogP contribution < -0.4 is 0 Å². The van der Waals surface area contributed by atoms with E-state index in [1.54, 1.807) is 0 Å². The number of rotatable bonds is 36. The summed E-state index contributed by atoms with van der Waals surface area (Å²) in [7, 11) is -5.10. The van der Waals surface area contributed by atoms with Gasteiger partial charge in [-0.2, -0.15) is 0 Å². The first-order valence-electron chi connectivity index (χ1n) is 21.8. The summed E-state index contributed by atoms with van der Waals surface area (Å²) in [4.78, 5) is 35.5. The molecule has 0 radical (unpaired) electrons. The number of esters is 2. The number of phosphoric ester groups is 1. The molecule has 6 N–H and O–H groups in total. The largest absolute Gasteiger partial charge is 0.472 e. The lowest BCUT2D eigenvalue weighted by Crippen LogP contribution is -2.64. The first kappa shape index (κ1) is 51.9.